The van der Waals surface area contributed by atoms with Crippen LogP contribution in [0, 0.1) is 82.8 Å². The van der Waals surface area contributed by atoms with Crippen molar-refractivity contribution >= 4 is 0 Å². The van der Waals surface area contributed by atoms with Gasteiger partial charge in [-0.25, -0.2) is 41.4 Å². The molecule has 9 nitrogen and oxygen atoms in total. The quantitative estimate of drug-likeness (QED) is 0.676. The molecule has 0 radical (unpaired) electrons. The molecule has 0 saturated heterocycles. The lowest BCUT2D eigenvalue weighted by atomic mass is 10.9. The molecule has 1 aromatic rings. The van der Waals surface area contributed by atoms with Crippen molar-refractivity contribution in [2.75, 3.05) is 0 Å². The van der Waals surface area contributed by atoms with Crippen LogP contribution >= 0.6 is 0 Å². The highest BCUT2D eigenvalue weighted by Gasteiger charge is 1.78. The Morgan fingerprint density at radius 3 is 0.950 bits per heavy atom. The second kappa shape index (κ2) is 391. The van der Waals surface area contributed by atoms with E-state index >= 15 is 0 Å². The highest BCUT2D eigenvalue weighted by atomic mass is 15.0. The number of aromatic nitrogens is 2. The Bertz CT molecular complexity index is 289. The van der Waals surface area contributed by atoms with E-state index in [0.717, 1.165) is 0 Å². The van der Waals surface area contributed by atoms with Crippen molar-refractivity contribution < 1.29 is 4.57 Å². The Labute approximate surface area is 119 Å². The van der Waals surface area contributed by atoms with Gasteiger partial charge in [0.1, 0.15) is 12.4 Å². The Morgan fingerprint density at radius 2 is 0.900 bits per heavy atom. The van der Waals surface area contributed by atoms with E-state index in [1.165, 1.54) is 0 Å². The average molecular weight is 272 g/mol. The van der Waals surface area contributed by atoms with Crippen LogP contribution in [0.3, 0.4) is 0 Å². The van der Waals surface area contributed by atoms with Gasteiger partial charge in [0.15, 0.2) is 0 Å². The first-order chi connectivity index (χ1) is 9.89. The summed E-state index contributed by atoms with van der Waals surface area (Å²) in [5.41, 5.74) is 0. The minimum absolute atomic E-state index is 1.88. The highest BCUT2D eigenvalue weighted by Crippen LogP contribution is 1.59. The van der Waals surface area contributed by atoms with Gasteiger partial charge in [-0.1, -0.05) is 0 Å². The molecule has 1 rings (SSSR count). The average Bonchev–Trinajstić information content (AvgIpc) is 3.11. The van der Waals surface area contributed by atoms with E-state index in [-0.39, 0.29) is 0 Å². The molecule has 0 atom stereocenters. The van der Waals surface area contributed by atoms with Crippen LogP contribution in [0.1, 0.15) is 0 Å². The lowest BCUT2D eigenvalue weighted by molar-refractivity contribution is -0.670. The third-order valence-electron chi connectivity index (χ3n) is 0.684. The minimum Gasteiger partial charge on any atom is -0.250 e. The summed E-state index contributed by atoms with van der Waals surface area (Å²) in [6.07, 6.45) is 5.69. The number of imidazole rings is 1. The monoisotopic (exact) mass is 272 g/mol. The number of H-pyrrole nitrogens is 1. The lowest BCUT2D eigenvalue weighted by Gasteiger charge is -1.66. The Hall–Kier alpha value is -4.36. The van der Waals surface area contributed by atoms with Gasteiger partial charge in [-0.3, -0.25) is 4.98 Å². The summed E-state index contributed by atoms with van der Waals surface area (Å²) >= 11 is 0. The van der Waals surface area contributed by atoms with Gasteiger partial charge in [0, 0.05) is 46.0 Å². The molecule has 0 aromatic carbocycles. The van der Waals surface area contributed by atoms with Gasteiger partial charge in [-0.15, -0.1) is 0 Å². The molecule has 0 bridgehead atoms. The van der Waals surface area contributed by atoms with Crippen LogP contribution in [0.25, 0.3) is 0 Å². The number of aryl methyl sites for hydroxylation is 1. The maximum Gasteiger partial charge on any atom is 0.241 e. The minimum atomic E-state index is 1.88. The molecule has 1 heterocycles. The molecule has 102 valence electrons. The van der Waals surface area contributed by atoms with Crippen molar-refractivity contribution in [1.82, 2.24) is 4.98 Å². The molecule has 0 aliphatic heterocycles. The fourth-order valence-electron chi connectivity index (χ4n) is 0.364. The maximum atomic E-state index is 6.50. The smallest absolute Gasteiger partial charge is 0.241 e. The van der Waals surface area contributed by atoms with Gasteiger partial charge in [-0.05, 0) is 0 Å². The van der Waals surface area contributed by atoms with Crippen molar-refractivity contribution in [2.45, 2.75) is 0 Å². The second-order valence-corrected chi connectivity index (χ2v) is 1.28. The molecule has 9 heteroatoms. The predicted octanol–water partition coefficient (Wildman–Crippen LogP) is 0.818. The van der Waals surface area contributed by atoms with Gasteiger partial charge in [0.05, 0.1) is 7.05 Å². The summed E-state index contributed by atoms with van der Waals surface area (Å²) in [5, 5.41) is 45.5. The molecule has 1 aromatic heterocycles. The van der Waals surface area contributed by atoms with Gasteiger partial charge in [0.2, 0.25) is 6.33 Å². The summed E-state index contributed by atoms with van der Waals surface area (Å²) in [4.78, 5) is 2.89. The Balaban J connectivity index is -0.0000000213. The summed E-state index contributed by atoms with van der Waals surface area (Å²) in [6, 6.07) is 0. The van der Waals surface area contributed by atoms with Crippen LogP contribution in [0.2, 0.25) is 0 Å². The largest absolute Gasteiger partial charge is 0.250 e. The van der Waals surface area contributed by atoms with E-state index in [0.29, 0.717) is 0 Å². The third kappa shape index (κ3) is 313. The topological polar surface area (TPSA) is 186 Å². The molecule has 0 saturated carbocycles. The molecule has 20 heavy (non-hydrogen) atoms. The molecular weight excluding hydrogens is 258 g/mol. The first-order valence-corrected chi connectivity index (χ1v) is 3.68. The van der Waals surface area contributed by atoms with Gasteiger partial charge < -0.3 is 0 Å². The van der Waals surface area contributed by atoms with Crippen molar-refractivity contribution in [3.63, 3.8) is 0 Å². The SMILES string of the molecule is C#N.C#N.C#N.C#N.C#N.C#N.C#N.C[n+]1cc[nH]c1. The van der Waals surface area contributed by atoms with Gasteiger partial charge in [-0.2, -0.15) is 0 Å². The number of nitrogens with zero attached hydrogens (tertiary/aromatic N) is 8. The van der Waals surface area contributed by atoms with Gasteiger partial charge >= 0.3 is 0 Å². The molecule has 0 fully saturated rings. The zero-order valence-corrected chi connectivity index (χ0v) is 10.9. The van der Waals surface area contributed by atoms with E-state index in [4.69, 9.17) is 36.8 Å². The third-order valence-corrected chi connectivity index (χ3v) is 0.684. The molecule has 0 unspecified atom stereocenters. The van der Waals surface area contributed by atoms with Crippen LogP contribution in [-0.2, 0) is 7.05 Å². The lowest BCUT2D eigenvalue weighted by Crippen LogP contribution is -2.22. The van der Waals surface area contributed by atoms with Crippen molar-refractivity contribution in [1.29, 1.82) is 36.8 Å². The number of hydrogen-bond acceptors (Lipinski definition) is 7. The van der Waals surface area contributed by atoms with Crippen molar-refractivity contribution in [2.24, 2.45) is 7.05 Å². The zero-order chi connectivity index (χ0) is 18.4. The standard InChI is InChI=1S/C4H6N2.7CHN/c1-6-3-2-5-4-6;7*1-2/h2-4H,1H3;7*1H/p+1. The summed E-state index contributed by atoms with van der Waals surface area (Å²) in [7, 11) is 1.97. The predicted molar refractivity (Wildman–Crippen MR) is 68.7 cm³/mol. The summed E-state index contributed by atoms with van der Waals surface area (Å²) in [5.74, 6) is 0. The fraction of sp³-hybridized carbons (Fsp3) is 0.0909. The Morgan fingerprint density at radius 1 is 0.650 bits per heavy atom. The molecule has 1 N–H and O–H groups in total. The van der Waals surface area contributed by atoms with Crippen LogP contribution in [0.5, 0.6) is 0 Å². The number of nitriles is 7. The highest BCUT2D eigenvalue weighted by molar-refractivity contribution is 4.54. The normalized spacial score (nSPS) is 3.35. The van der Waals surface area contributed by atoms with Gasteiger partial charge in [0.25, 0.3) is 0 Å². The Kier molecular flexibility index (Phi) is 877. The van der Waals surface area contributed by atoms with Crippen LogP contribution in [-0.4, -0.2) is 4.98 Å². The van der Waals surface area contributed by atoms with E-state index < -0.39 is 0 Å². The molecular formula is C11H14N9+. The van der Waals surface area contributed by atoms with E-state index in [1.54, 1.807) is 0 Å². The molecule has 0 spiro atoms. The fourth-order valence-corrected chi connectivity index (χ4v) is 0.364. The van der Waals surface area contributed by atoms with Crippen molar-refractivity contribution in [3.8, 4) is 46.0 Å². The number of rotatable bonds is 0. The second-order valence-electron chi connectivity index (χ2n) is 1.28. The van der Waals surface area contributed by atoms with E-state index in [2.05, 4.69) is 51.0 Å². The zero-order valence-electron chi connectivity index (χ0n) is 10.9. The van der Waals surface area contributed by atoms with Crippen LogP contribution < -0.4 is 4.57 Å². The van der Waals surface area contributed by atoms with E-state index in [9.17, 15) is 0 Å². The number of aromatic amines is 1. The van der Waals surface area contributed by atoms with Crippen LogP contribution in [0.15, 0.2) is 18.7 Å². The maximum absolute atomic E-state index is 6.50. The molecule has 0 amide bonds. The van der Waals surface area contributed by atoms with Crippen LogP contribution in [0.4, 0.5) is 0 Å². The number of hydrogen-bond donors (Lipinski definition) is 1. The first-order valence-electron chi connectivity index (χ1n) is 3.68. The molecule has 0 aliphatic rings. The summed E-state index contributed by atoms with van der Waals surface area (Å²) < 4.78 is 1.94. The van der Waals surface area contributed by atoms with E-state index in [1.807, 2.05) is 30.3 Å². The van der Waals surface area contributed by atoms with Crippen molar-refractivity contribution in [3.05, 3.63) is 18.7 Å². The molecule has 0 aliphatic carbocycles. The number of nitrogens with one attached hydrogen (secondary N) is 1. The summed E-state index contributed by atoms with van der Waals surface area (Å²) in [6.45, 7) is 24.5. The first kappa shape index (κ1) is 44.9.